The number of carbonyl (C=O) groups is 2. The van der Waals surface area contributed by atoms with Gasteiger partial charge in [0.2, 0.25) is 5.91 Å². The van der Waals surface area contributed by atoms with Crippen molar-refractivity contribution in [1.82, 2.24) is 4.90 Å². The molecule has 4 heteroatoms. The van der Waals surface area contributed by atoms with Gasteiger partial charge in [-0.05, 0) is 19.3 Å². The minimum Gasteiger partial charge on any atom is -0.342 e. The molecule has 1 amide bonds. The number of rotatable bonds is 3. The van der Waals surface area contributed by atoms with E-state index in [-0.39, 0.29) is 11.0 Å². The summed E-state index contributed by atoms with van der Waals surface area (Å²) < 4.78 is 0. The zero-order valence-electron chi connectivity index (χ0n) is 8.08. The van der Waals surface area contributed by atoms with Crippen LogP contribution in [0.4, 0.5) is 0 Å². The van der Waals surface area contributed by atoms with Crippen LogP contribution in [0.1, 0.15) is 26.2 Å². The summed E-state index contributed by atoms with van der Waals surface area (Å²) in [5.41, 5.74) is 0. The highest BCUT2D eigenvalue weighted by Gasteiger charge is 2.25. The van der Waals surface area contributed by atoms with Gasteiger partial charge in [0.05, 0.1) is 5.75 Å². The maximum Gasteiger partial charge on any atom is 0.233 e. The fraction of sp³-hybridized carbons (Fsp3) is 0.778. The summed E-state index contributed by atoms with van der Waals surface area (Å²) in [7, 11) is 1.83. The molecule has 1 fully saturated rings. The van der Waals surface area contributed by atoms with Crippen molar-refractivity contribution in [3.8, 4) is 0 Å². The molecule has 0 N–H and O–H groups in total. The van der Waals surface area contributed by atoms with Crippen molar-refractivity contribution < 1.29 is 9.59 Å². The lowest BCUT2D eigenvalue weighted by atomic mass is 9.92. The lowest BCUT2D eigenvalue weighted by molar-refractivity contribution is -0.130. The molecule has 1 aliphatic carbocycles. The van der Waals surface area contributed by atoms with Crippen LogP contribution in [0.5, 0.6) is 0 Å². The van der Waals surface area contributed by atoms with Gasteiger partial charge in [-0.2, -0.15) is 0 Å². The lowest BCUT2D eigenvalue weighted by Crippen LogP contribution is -2.42. The summed E-state index contributed by atoms with van der Waals surface area (Å²) >= 11 is 1.09. The third-order valence-corrected chi connectivity index (χ3v) is 3.21. The van der Waals surface area contributed by atoms with E-state index in [1.165, 1.54) is 13.3 Å². The number of hydrogen-bond acceptors (Lipinski definition) is 3. The van der Waals surface area contributed by atoms with Gasteiger partial charge in [0.15, 0.2) is 5.12 Å². The van der Waals surface area contributed by atoms with E-state index in [9.17, 15) is 9.59 Å². The quantitative estimate of drug-likeness (QED) is 0.690. The molecule has 0 radical (unpaired) electrons. The van der Waals surface area contributed by atoms with Crippen molar-refractivity contribution in [2.75, 3.05) is 12.8 Å². The molecule has 0 bridgehead atoms. The monoisotopic (exact) mass is 201 g/mol. The Hall–Kier alpha value is -0.510. The Morgan fingerprint density at radius 1 is 1.46 bits per heavy atom. The van der Waals surface area contributed by atoms with Gasteiger partial charge in [-0.3, -0.25) is 9.59 Å². The maximum atomic E-state index is 11.4. The molecule has 0 atom stereocenters. The van der Waals surface area contributed by atoms with Crippen molar-refractivity contribution in [3.05, 3.63) is 0 Å². The second-order valence-electron chi connectivity index (χ2n) is 3.37. The second kappa shape index (κ2) is 4.65. The Kier molecular flexibility index (Phi) is 3.78. The molecule has 0 heterocycles. The predicted molar refractivity (Wildman–Crippen MR) is 53.5 cm³/mol. The van der Waals surface area contributed by atoms with E-state index < -0.39 is 0 Å². The van der Waals surface area contributed by atoms with Crippen LogP contribution in [-0.2, 0) is 9.59 Å². The van der Waals surface area contributed by atoms with Crippen LogP contribution in [-0.4, -0.2) is 34.8 Å². The molecule has 13 heavy (non-hydrogen) atoms. The van der Waals surface area contributed by atoms with E-state index in [1.807, 2.05) is 7.05 Å². The first-order chi connectivity index (χ1) is 6.11. The lowest BCUT2D eigenvalue weighted by Gasteiger charge is -2.34. The van der Waals surface area contributed by atoms with E-state index in [2.05, 4.69) is 0 Å². The standard InChI is InChI=1S/C9H15NO2S/c1-7(11)13-6-9(12)10(2)8-4-3-5-8/h8H,3-6H2,1-2H3. The Morgan fingerprint density at radius 2 is 2.08 bits per heavy atom. The highest BCUT2D eigenvalue weighted by molar-refractivity contribution is 8.14. The highest BCUT2D eigenvalue weighted by Crippen LogP contribution is 2.23. The third kappa shape index (κ3) is 3.03. The summed E-state index contributed by atoms with van der Waals surface area (Å²) in [4.78, 5) is 23.8. The van der Waals surface area contributed by atoms with Crippen LogP contribution < -0.4 is 0 Å². The molecule has 1 rings (SSSR count). The maximum absolute atomic E-state index is 11.4. The Bertz CT molecular complexity index is 214. The number of thioether (sulfide) groups is 1. The van der Waals surface area contributed by atoms with Crippen molar-refractivity contribution >= 4 is 22.8 Å². The predicted octanol–water partition coefficient (Wildman–Crippen LogP) is 1.28. The van der Waals surface area contributed by atoms with Crippen LogP contribution in [0.25, 0.3) is 0 Å². The molecular weight excluding hydrogens is 186 g/mol. The molecule has 0 spiro atoms. The molecule has 0 aromatic heterocycles. The summed E-state index contributed by atoms with van der Waals surface area (Å²) in [6, 6.07) is 0.431. The van der Waals surface area contributed by atoms with Gasteiger partial charge in [-0.25, -0.2) is 0 Å². The van der Waals surface area contributed by atoms with Crippen LogP contribution in [0, 0.1) is 0 Å². The van der Waals surface area contributed by atoms with E-state index >= 15 is 0 Å². The molecule has 74 valence electrons. The van der Waals surface area contributed by atoms with Crippen molar-refractivity contribution in [2.24, 2.45) is 0 Å². The smallest absolute Gasteiger partial charge is 0.233 e. The molecular formula is C9H15NO2S. The molecule has 0 aliphatic heterocycles. The molecule has 0 saturated heterocycles. The van der Waals surface area contributed by atoms with E-state index in [0.29, 0.717) is 11.8 Å². The van der Waals surface area contributed by atoms with Crippen LogP contribution in [0.2, 0.25) is 0 Å². The first kappa shape index (κ1) is 10.6. The SMILES string of the molecule is CC(=O)SCC(=O)N(C)C1CCC1. The topological polar surface area (TPSA) is 37.4 Å². The Balaban J connectivity index is 2.25. The van der Waals surface area contributed by atoms with E-state index in [0.717, 1.165) is 24.6 Å². The molecule has 0 aromatic carbocycles. The second-order valence-corrected chi connectivity index (χ2v) is 4.52. The summed E-state index contributed by atoms with van der Waals surface area (Å²) in [5, 5.41) is 0.00959. The van der Waals surface area contributed by atoms with Crippen LogP contribution in [0.15, 0.2) is 0 Å². The number of nitrogens with zero attached hydrogens (tertiary/aromatic N) is 1. The number of amides is 1. The van der Waals surface area contributed by atoms with Gasteiger partial charge in [0, 0.05) is 20.0 Å². The van der Waals surface area contributed by atoms with E-state index in [1.54, 1.807) is 4.90 Å². The number of hydrogen-bond donors (Lipinski definition) is 0. The zero-order chi connectivity index (χ0) is 9.84. The fourth-order valence-corrected chi connectivity index (χ4v) is 1.77. The van der Waals surface area contributed by atoms with Crippen LogP contribution >= 0.6 is 11.8 Å². The van der Waals surface area contributed by atoms with Gasteiger partial charge in [-0.1, -0.05) is 11.8 Å². The highest BCUT2D eigenvalue weighted by atomic mass is 32.2. The van der Waals surface area contributed by atoms with Crippen molar-refractivity contribution in [3.63, 3.8) is 0 Å². The van der Waals surface area contributed by atoms with Gasteiger partial charge < -0.3 is 4.90 Å². The van der Waals surface area contributed by atoms with Crippen molar-refractivity contribution in [1.29, 1.82) is 0 Å². The Labute approximate surface area is 82.9 Å². The summed E-state index contributed by atoms with van der Waals surface area (Å²) in [5.74, 6) is 0.368. The van der Waals surface area contributed by atoms with Gasteiger partial charge in [0.1, 0.15) is 0 Å². The van der Waals surface area contributed by atoms with Gasteiger partial charge in [-0.15, -0.1) is 0 Å². The fourth-order valence-electron chi connectivity index (χ4n) is 1.24. The summed E-state index contributed by atoms with van der Waals surface area (Å²) in [6.07, 6.45) is 3.46. The molecule has 0 aromatic rings. The van der Waals surface area contributed by atoms with Gasteiger partial charge >= 0.3 is 0 Å². The first-order valence-corrected chi connectivity index (χ1v) is 5.49. The summed E-state index contributed by atoms with van der Waals surface area (Å²) in [6.45, 7) is 1.49. The molecule has 0 unspecified atom stereocenters. The van der Waals surface area contributed by atoms with Gasteiger partial charge in [0.25, 0.3) is 0 Å². The number of carbonyl (C=O) groups excluding carboxylic acids is 2. The van der Waals surface area contributed by atoms with Crippen LogP contribution in [0.3, 0.4) is 0 Å². The zero-order valence-corrected chi connectivity index (χ0v) is 8.89. The van der Waals surface area contributed by atoms with Crippen molar-refractivity contribution in [2.45, 2.75) is 32.2 Å². The van der Waals surface area contributed by atoms with E-state index in [4.69, 9.17) is 0 Å². The molecule has 1 saturated carbocycles. The average Bonchev–Trinajstić information content (AvgIpc) is 1.96. The Morgan fingerprint density at radius 3 is 2.46 bits per heavy atom. The molecule has 1 aliphatic rings. The normalized spacial score (nSPS) is 16.5. The minimum absolute atomic E-state index is 0.00959. The average molecular weight is 201 g/mol. The largest absolute Gasteiger partial charge is 0.342 e. The third-order valence-electron chi connectivity index (χ3n) is 2.41. The molecule has 3 nitrogen and oxygen atoms in total. The minimum atomic E-state index is 0.00959. The first-order valence-electron chi connectivity index (χ1n) is 4.50.